The van der Waals surface area contributed by atoms with Gasteiger partial charge in [0.25, 0.3) is 0 Å². The molecule has 0 saturated carbocycles. The van der Waals surface area contributed by atoms with Gasteiger partial charge >= 0.3 is 5.69 Å². The van der Waals surface area contributed by atoms with Crippen LogP contribution in [-0.4, -0.2) is 44.0 Å². The normalized spacial score (nSPS) is 11.8. The summed E-state index contributed by atoms with van der Waals surface area (Å²) in [6.07, 6.45) is 0. The Balaban J connectivity index is 1.92. The van der Waals surface area contributed by atoms with Gasteiger partial charge in [0.05, 0.1) is 30.1 Å². The fraction of sp³-hybridized carbons (Fsp3) is 0.235. The minimum atomic E-state index is -3.75. The zero-order chi connectivity index (χ0) is 18.9. The lowest BCUT2D eigenvalue weighted by Gasteiger charge is -2.19. The molecule has 3 aromatic rings. The van der Waals surface area contributed by atoms with E-state index in [-0.39, 0.29) is 17.1 Å². The van der Waals surface area contributed by atoms with Gasteiger partial charge in [-0.2, -0.15) is 4.31 Å². The van der Waals surface area contributed by atoms with Crippen molar-refractivity contribution in [3.05, 3.63) is 52.4 Å². The van der Waals surface area contributed by atoms with Gasteiger partial charge in [0.15, 0.2) is 0 Å². The average Bonchev–Trinajstić information content (AvgIpc) is 3.00. The molecule has 0 aliphatic rings. The van der Waals surface area contributed by atoms with E-state index < -0.39 is 10.0 Å². The molecule has 1 heterocycles. The molecule has 0 radical (unpaired) electrons. The monoisotopic (exact) mass is 377 g/mol. The Labute approximate surface area is 150 Å². The molecule has 2 aromatic carbocycles. The SMILES string of the molecule is COc1ccc(CN(C)S(=O)(=O)c2ccc3[nH]c(=O)[nH]c3c2)c(OC)c1. The van der Waals surface area contributed by atoms with E-state index in [1.54, 1.807) is 31.4 Å². The molecule has 0 bridgehead atoms. The molecule has 0 spiro atoms. The average molecular weight is 377 g/mol. The van der Waals surface area contributed by atoms with Crippen LogP contribution < -0.4 is 15.2 Å². The summed E-state index contributed by atoms with van der Waals surface area (Å²) >= 11 is 0. The van der Waals surface area contributed by atoms with Crippen LogP contribution in [0.15, 0.2) is 46.1 Å². The second-order valence-electron chi connectivity index (χ2n) is 5.73. The molecule has 0 atom stereocenters. The molecule has 138 valence electrons. The van der Waals surface area contributed by atoms with Crippen LogP contribution in [0.1, 0.15) is 5.56 Å². The minimum Gasteiger partial charge on any atom is -0.497 e. The van der Waals surface area contributed by atoms with Crippen LogP contribution in [0.3, 0.4) is 0 Å². The van der Waals surface area contributed by atoms with Crippen molar-refractivity contribution in [2.75, 3.05) is 21.3 Å². The number of nitrogens with one attached hydrogen (secondary N) is 2. The van der Waals surface area contributed by atoms with Crippen LogP contribution in [0.25, 0.3) is 11.0 Å². The number of rotatable bonds is 6. The summed E-state index contributed by atoms with van der Waals surface area (Å²) in [7, 11) is 0.805. The third-order valence-corrected chi connectivity index (χ3v) is 5.88. The maximum Gasteiger partial charge on any atom is 0.323 e. The number of aromatic amines is 2. The molecular formula is C17H19N3O5S. The number of aromatic nitrogens is 2. The predicted molar refractivity (Wildman–Crippen MR) is 97.1 cm³/mol. The lowest BCUT2D eigenvalue weighted by molar-refractivity contribution is 0.384. The molecule has 3 rings (SSSR count). The summed E-state index contributed by atoms with van der Waals surface area (Å²) in [6, 6.07) is 9.66. The Morgan fingerprint density at radius 1 is 1.00 bits per heavy atom. The Bertz CT molecular complexity index is 1100. The number of H-pyrrole nitrogens is 2. The smallest absolute Gasteiger partial charge is 0.323 e. The van der Waals surface area contributed by atoms with Gasteiger partial charge in [-0.3, -0.25) is 0 Å². The van der Waals surface area contributed by atoms with Crippen molar-refractivity contribution < 1.29 is 17.9 Å². The molecule has 9 heteroatoms. The molecule has 2 N–H and O–H groups in total. The topological polar surface area (TPSA) is 104 Å². The van der Waals surface area contributed by atoms with E-state index in [0.717, 1.165) is 0 Å². The van der Waals surface area contributed by atoms with Crippen molar-refractivity contribution in [1.82, 2.24) is 14.3 Å². The van der Waals surface area contributed by atoms with Gasteiger partial charge in [0.2, 0.25) is 10.0 Å². The van der Waals surface area contributed by atoms with Gasteiger partial charge in [0, 0.05) is 25.2 Å². The van der Waals surface area contributed by atoms with Crippen molar-refractivity contribution in [2.45, 2.75) is 11.4 Å². The Hall–Kier alpha value is -2.78. The fourth-order valence-electron chi connectivity index (χ4n) is 2.66. The third-order valence-electron chi connectivity index (χ3n) is 4.08. The number of methoxy groups -OCH3 is 2. The first-order valence-corrected chi connectivity index (χ1v) is 9.18. The molecule has 0 amide bonds. The summed E-state index contributed by atoms with van der Waals surface area (Å²) in [6.45, 7) is 0.122. The maximum absolute atomic E-state index is 12.9. The standard InChI is InChI=1S/C17H19N3O5S/c1-20(10-11-4-5-12(24-2)8-16(11)25-3)26(22,23)13-6-7-14-15(9-13)19-17(21)18-14/h4-9H,10H2,1-3H3,(H2,18,19,21). The molecular weight excluding hydrogens is 358 g/mol. The summed E-state index contributed by atoms with van der Waals surface area (Å²) in [5.74, 6) is 1.16. The van der Waals surface area contributed by atoms with Crippen molar-refractivity contribution in [3.8, 4) is 11.5 Å². The van der Waals surface area contributed by atoms with Crippen LogP contribution in [-0.2, 0) is 16.6 Å². The largest absolute Gasteiger partial charge is 0.497 e. The van der Waals surface area contributed by atoms with Crippen LogP contribution in [0, 0.1) is 0 Å². The molecule has 0 aliphatic carbocycles. The summed E-state index contributed by atoms with van der Waals surface area (Å²) < 4.78 is 37.4. The summed E-state index contributed by atoms with van der Waals surface area (Å²) in [4.78, 5) is 16.6. The summed E-state index contributed by atoms with van der Waals surface area (Å²) in [5.41, 5.74) is 1.31. The number of imidazole rings is 1. The summed E-state index contributed by atoms with van der Waals surface area (Å²) in [5, 5.41) is 0. The quantitative estimate of drug-likeness (QED) is 0.680. The van der Waals surface area contributed by atoms with E-state index in [2.05, 4.69) is 9.97 Å². The minimum absolute atomic E-state index is 0.0928. The fourth-order valence-corrected chi connectivity index (χ4v) is 3.84. The maximum atomic E-state index is 12.9. The first kappa shape index (κ1) is 18.0. The van der Waals surface area contributed by atoms with Crippen LogP contribution in [0.2, 0.25) is 0 Å². The zero-order valence-electron chi connectivity index (χ0n) is 14.6. The number of benzene rings is 2. The van der Waals surface area contributed by atoms with E-state index in [1.165, 1.54) is 30.6 Å². The highest BCUT2D eigenvalue weighted by atomic mass is 32.2. The number of sulfonamides is 1. The van der Waals surface area contributed by atoms with E-state index in [1.807, 2.05) is 0 Å². The van der Waals surface area contributed by atoms with Crippen LogP contribution >= 0.6 is 0 Å². The van der Waals surface area contributed by atoms with Crippen molar-refractivity contribution in [2.24, 2.45) is 0 Å². The highest BCUT2D eigenvalue weighted by molar-refractivity contribution is 7.89. The molecule has 8 nitrogen and oxygen atoms in total. The van der Waals surface area contributed by atoms with Gasteiger partial charge in [-0.15, -0.1) is 0 Å². The van der Waals surface area contributed by atoms with Crippen LogP contribution in [0.5, 0.6) is 11.5 Å². The number of ether oxygens (including phenoxy) is 2. The lowest BCUT2D eigenvalue weighted by atomic mass is 10.2. The van der Waals surface area contributed by atoms with E-state index >= 15 is 0 Å². The molecule has 1 aromatic heterocycles. The Morgan fingerprint density at radius 3 is 2.42 bits per heavy atom. The van der Waals surface area contributed by atoms with E-state index in [0.29, 0.717) is 28.1 Å². The number of hydrogen-bond acceptors (Lipinski definition) is 5. The van der Waals surface area contributed by atoms with Gasteiger partial charge in [-0.1, -0.05) is 6.07 Å². The van der Waals surface area contributed by atoms with Crippen LogP contribution in [0.4, 0.5) is 0 Å². The molecule has 0 unspecified atom stereocenters. The van der Waals surface area contributed by atoms with Crippen molar-refractivity contribution in [3.63, 3.8) is 0 Å². The van der Waals surface area contributed by atoms with Gasteiger partial charge in [-0.05, 0) is 24.3 Å². The van der Waals surface area contributed by atoms with Crippen molar-refractivity contribution in [1.29, 1.82) is 0 Å². The van der Waals surface area contributed by atoms with E-state index in [9.17, 15) is 13.2 Å². The van der Waals surface area contributed by atoms with Crippen molar-refractivity contribution >= 4 is 21.1 Å². The number of hydrogen-bond donors (Lipinski definition) is 2. The third kappa shape index (κ3) is 3.31. The second-order valence-corrected chi connectivity index (χ2v) is 7.77. The highest BCUT2D eigenvalue weighted by Crippen LogP contribution is 2.27. The highest BCUT2D eigenvalue weighted by Gasteiger charge is 2.23. The first-order valence-electron chi connectivity index (χ1n) is 7.74. The van der Waals surface area contributed by atoms with Gasteiger partial charge in [-0.25, -0.2) is 13.2 Å². The van der Waals surface area contributed by atoms with Gasteiger partial charge < -0.3 is 19.4 Å². The molecule has 0 saturated heterocycles. The van der Waals surface area contributed by atoms with Gasteiger partial charge in [0.1, 0.15) is 11.5 Å². The predicted octanol–water partition coefficient (Wildman–Crippen LogP) is 1.69. The molecule has 26 heavy (non-hydrogen) atoms. The second kappa shape index (κ2) is 6.85. The van der Waals surface area contributed by atoms with E-state index in [4.69, 9.17) is 9.47 Å². The number of nitrogens with zero attached hydrogens (tertiary/aromatic N) is 1. The molecule has 0 fully saturated rings. The Morgan fingerprint density at radius 2 is 1.73 bits per heavy atom. The zero-order valence-corrected chi connectivity index (χ0v) is 15.4. The number of fused-ring (bicyclic) bond motifs is 1. The Kier molecular flexibility index (Phi) is 4.75. The molecule has 0 aliphatic heterocycles. The lowest BCUT2D eigenvalue weighted by Crippen LogP contribution is -2.26. The first-order chi connectivity index (χ1) is 12.3.